The van der Waals surface area contributed by atoms with Crippen molar-refractivity contribution in [3.63, 3.8) is 0 Å². The lowest BCUT2D eigenvalue weighted by Crippen LogP contribution is -2.32. The first kappa shape index (κ1) is 20.0. The van der Waals surface area contributed by atoms with E-state index in [0.29, 0.717) is 59.0 Å². The van der Waals surface area contributed by atoms with Crippen molar-refractivity contribution in [2.24, 2.45) is 0 Å². The second-order valence-electron chi connectivity index (χ2n) is 7.92. The first-order valence-electron chi connectivity index (χ1n) is 10.3. The van der Waals surface area contributed by atoms with E-state index in [0.717, 1.165) is 30.6 Å². The van der Waals surface area contributed by atoms with E-state index in [1.165, 1.54) is 0 Å². The maximum atomic E-state index is 13.2. The van der Waals surface area contributed by atoms with Crippen LogP contribution in [0.15, 0.2) is 30.3 Å². The van der Waals surface area contributed by atoms with Gasteiger partial charge in [0.1, 0.15) is 12.4 Å². The minimum Gasteiger partial charge on any atom is -0.492 e. The number of fused-ring (bicyclic) bond motifs is 6. The highest BCUT2D eigenvalue weighted by Crippen LogP contribution is 2.50. The zero-order valence-electron chi connectivity index (χ0n) is 16.4. The molecule has 2 aromatic rings. The van der Waals surface area contributed by atoms with Gasteiger partial charge in [-0.05, 0) is 18.1 Å². The van der Waals surface area contributed by atoms with Crippen LogP contribution in [0.1, 0.15) is 49.0 Å². The summed E-state index contributed by atoms with van der Waals surface area (Å²) in [6.45, 7) is 2.66. The molecule has 156 valence electrons. The Hall–Kier alpha value is -1.92. The molecule has 1 N–H and O–H groups in total. The Morgan fingerprint density at radius 1 is 1.00 bits per heavy atom. The maximum absolute atomic E-state index is 13.2. The van der Waals surface area contributed by atoms with Gasteiger partial charge in [-0.3, -0.25) is 14.5 Å². The number of hydrogen-bond acceptors (Lipinski definition) is 5. The lowest BCUT2D eigenvalue weighted by atomic mass is 9.80. The molecule has 3 aliphatic rings. The number of nitrogens with one attached hydrogen (secondary N) is 1. The Labute approximate surface area is 185 Å². The number of rotatable bonds is 8. The molecular formula is C23H22Cl2N2O3. The fourth-order valence-corrected chi connectivity index (χ4v) is 5.19. The van der Waals surface area contributed by atoms with Crippen LogP contribution in [0.25, 0.3) is 0 Å². The van der Waals surface area contributed by atoms with Crippen molar-refractivity contribution in [1.82, 2.24) is 10.2 Å². The van der Waals surface area contributed by atoms with Gasteiger partial charge >= 0.3 is 0 Å². The molecule has 2 aliphatic carbocycles. The zero-order valence-corrected chi connectivity index (χ0v) is 17.9. The number of alkyl halides is 2. The van der Waals surface area contributed by atoms with Crippen LogP contribution < -0.4 is 10.1 Å². The Balaban J connectivity index is 1.48. The van der Waals surface area contributed by atoms with Gasteiger partial charge in [0.15, 0.2) is 11.6 Å². The summed E-state index contributed by atoms with van der Waals surface area (Å²) in [6, 6.07) is 9.38. The summed E-state index contributed by atoms with van der Waals surface area (Å²) < 4.78 is 6.18. The van der Waals surface area contributed by atoms with Crippen LogP contribution in [-0.2, 0) is 6.42 Å². The van der Waals surface area contributed by atoms with E-state index in [1.807, 2.05) is 0 Å². The monoisotopic (exact) mass is 444 g/mol. The fraction of sp³-hybridized carbons (Fsp3) is 0.391. The predicted molar refractivity (Wildman–Crippen MR) is 116 cm³/mol. The molecule has 5 nitrogen and oxygen atoms in total. The Morgan fingerprint density at radius 3 is 2.40 bits per heavy atom. The van der Waals surface area contributed by atoms with Crippen LogP contribution in [0.2, 0.25) is 0 Å². The molecule has 2 aromatic carbocycles. The van der Waals surface area contributed by atoms with Crippen molar-refractivity contribution in [1.29, 1.82) is 0 Å². The van der Waals surface area contributed by atoms with Crippen LogP contribution in [0, 0.1) is 0 Å². The van der Waals surface area contributed by atoms with Crippen molar-refractivity contribution in [2.75, 3.05) is 38.0 Å². The van der Waals surface area contributed by atoms with Crippen molar-refractivity contribution in [2.45, 2.75) is 18.5 Å². The molecule has 30 heavy (non-hydrogen) atoms. The Bertz CT molecular complexity index is 1030. The molecule has 0 bridgehead atoms. The summed E-state index contributed by atoms with van der Waals surface area (Å²) in [5.74, 6) is 1.62. The molecule has 0 spiro atoms. The molecule has 0 saturated carbocycles. The van der Waals surface area contributed by atoms with Crippen molar-refractivity contribution >= 4 is 34.8 Å². The molecular weight excluding hydrogens is 423 g/mol. The van der Waals surface area contributed by atoms with Crippen LogP contribution in [0.3, 0.4) is 0 Å². The highest BCUT2D eigenvalue weighted by Gasteiger charge is 2.50. The van der Waals surface area contributed by atoms with E-state index in [-0.39, 0.29) is 17.6 Å². The average molecular weight is 445 g/mol. The molecule has 7 heteroatoms. The number of nitrogens with zero attached hydrogens (tertiary/aromatic N) is 1. The smallest absolute Gasteiger partial charge is 0.194 e. The minimum absolute atomic E-state index is 0.0558. The van der Waals surface area contributed by atoms with E-state index >= 15 is 0 Å². The lowest BCUT2D eigenvalue weighted by molar-refractivity contribution is 0.0978. The van der Waals surface area contributed by atoms with Crippen molar-refractivity contribution in [3.05, 3.63) is 63.7 Å². The minimum atomic E-state index is -0.104. The second kappa shape index (κ2) is 7.97. The van der Waals surface area contributed by atoms with E-state index in [4.69, 9.17) is 27.9 Å². The molecule has 2 atom stereocenters. The van der Waals surface area contributed by atoms with Gasteiger partial charge in [0.25, 0.3) is 0 Å². The summed E-state index contributed by atoms with van der Waals surface area (Å²) in [4.78, 5) is 28.6. The molecule has 5 rings (SSSR count). The van der Waals surface area contributed by atoms with Crippen LogP contribution in [0.5, 0.6) is 5.75 Å². The van der Waals surface area contributed by atoms with Crippen molar-refractivity contribution in [3.8, 4) is 5.75 Å². The van der Waals surface area contributed by atoms with E-state index in [1.54, 1.807) is 30.3 Å². The molecule has 0 amide bonds. The summed E-state index contributed by atoms with van der Waals surface area (Å²) in [7, 11) is 0. The molecule has 1 heterocycles. The number of carbonyl (C=O) groups excluding carboxylic acids is 2. The van der Waals surface area contributed by atoms with Crippen LogP contribution in [0.4, 0.5) is 0 Å². The highest BCUT2D eigenvalue weighted by atomic mass is 35.5. The topological polar surface area (TPSA) is 68.6 Å². The second-order valence-corrected chi connectivity index (χ2v) is 8.67. The zero-order chi connectivity index (χ0) is 20.8. The average Bonchev–Trinajstić information content (AvgIpc) is 3.41. The summed E-state index contributed by atoms with van der Waals surface area (Å²) in [5, 5.41) is 3.43. The van der Waals surface area contributed by atoms with Crippen molar-refractivity contribution < 1.29 is 14.3 Å². The van der Waals surface area contributed by atoms with Gasteiger partial charge in [-0.2, -0.15) is 0 Å². The molecule has 0 radical (unpaired) electrons. The largest absolute Gasteiger partial charge is 0.492 e. The Kier molecular flexibility index (Phi) is 5.31. The third-order valence-corrected chi connectivity index (χ3v) is 6.55. The van der Waals surface area contributed by atoms with Gasteiger partial charge in [0.2, 0.25) is 0 Å². The third kappa shape index (κ3) is 3.25. The molecule has 1 aliphatic heterocycles. The molecule has 1 fully saturated rings. The number of ketones is 2. The summed E-state index contributed by atoms with van der Waals surface area (Å²) >= 11 is 11.8. The van der Waals surface area contributed by atoms with Gasteiger partial charge < -0.3 is 10.1 Å². The number of benzene rings is 2. The first-order valence-corrected chi connectivity index (χ1v) is 11.3. The van der Waals surface area contributed by atoms with Gasteiger partial charge in [0.05, 0.1) is 6.04 Å². The number of ether oxygens (including phenoxy) is 1. The van der Waals surface area contributed by atoms with Crippen LogP contribution in [-0.4, -0.2) is 60.5 Å². The number of carbonyl (C=O) groups is 2. The fourth-order valence-electron chi connectivity index (χ4n) is 4.71. The Morgan fingerprint density at radius 2 is 1.70 bits per heavy atom. The summed E-state index contributed by atoms with van der Waals surface area (Å²) in [6.07, 6.45) is 0.755. The lowest BCUT2D eigenvalue weighted by Gasteiger charge is -2.24. The maximum Gasteiger partial charge on any atom is 0.194 e. The van der Waals surface area contributed by atoms with Gasteiger partial charge in [-0.1, -0.05) is 24.3 Å². The SMILES string of the molecule is O=C1c2ccccc2C(=O)c2c1cc(OCCN(CCCl)CCCl)c1c2C[C@@H]2N[C@H]12. The predicted octanol–water partition coefficient (Wildman–Crippen LogP) is 3.19. The molecule has 0 unspecified atom stereocenters. The normalized spacial score (nSPS) is 20.6. The standard InChI is InChI=1S/C23H22Cl2N2O3/c24-5-7-27(8-6-25)9-10-30-18-12-16-19(15-11-17-21(26-17)20(15)18)23(29)14-4-2-1-3-13(14)22(16)28/h1-4,12,17,21,26H,5-11H2/t17-,21-/m0/s1. The van der Waals surface area contributed by atoms with Gasteiger partial charge in [-0.15, -0.1) is 23.2 Å². The van der Waals surface area contributed by atoms with Gasteiger partial charge in [0, 0.05) is 65.3 Å². The van der Waals surface area contributed by atoms with Gasteiger partial charge in [-0.25, -0.2) is 0 Å². The van der Waals surface area contributed by atoms with E-state index in [9.17, 15) is 9.59 Å². The number of hydrogen-bond donors (Lipinski definition) is 1. The molecule has 0 aromatic heterocycles. The summed E-state index contributed by atoms with van der Waals surface area (Å²) in [5.41, 5.74) is 4.02. The highest BCUT2D eigenvalue weighted by molar-refractivity contribution is 6.29. The van der Waals surface area contributed by atoms with Crippen LogP contribution >= 0.6 is 23.2 Å². The molecule has 1 saturated heterocycles. The van der Waals surface area contributed by atoms with E-state index < -0.39 is 0 Å². The first-order chi connectivity index (χ1) is 14.6. The number of halogens is 2. The quantitative estimate of drug-likeness (QED) is 0.426. The van der Waals surface area contributed by atoms with E-state index in [2.05, 4.69) is 10.2 Å². The third-order valence-electron chi connectivity index (χ3n) is 6.21.